The average Bonchev–Trinajstić information content (AvgIpc) is 2.81. The van der Waals surface area contributed by atoms with Gasteiger partial charge >= 0.3 is 5.97 Å². The lowest BCUT2D eigenvalue weighted by Gasteiger charge is -2.08. The highest BCUT2D eigenvalue weighted by molar-refractivity contribution is 6.35. The molecule has 0 radical (unpaired) electrons. The van der Waals surface area contributed by atoms with Gasteiger partial charge in [-0.05, 0) is 58.8 Å². The number of anilines is 1. The Balaban J connectivity index is 1.54. The van der Waals surface area contributed by atoms with Crippen LogP contribution in [0.1, 0.15) is 15.9 Å². The van der Waals surface area contributed by atoms with Crippen LogP contribution >= 0.6 is 23.2 Å². The molecular weight excluding hydrogens is 471 g/mol. The monoisotopic (exact) mass is 486 g/mol. The van der Waals surface area contributed by atoms with Crippen molar-refractivity contribution in [3.63, 3.8) is 0 Å². The van der Waals surface area contributed by atoms with Gasteiger partial charge in [0.2, 0.25) is 0 Å². The lowest BCUT2D eigenvalue weighted by Crippen LogP contribution is -2.13. The van der Waals surface area contributed by atoms with E-state index in [1.54, 1.807) is 36.4 Å². The van der Waals surface area contributed by atoms with Gasteiger partial charge in [-0.2, -0.15) is 5.26 Å². The minimum absolute atomic E-state index is 0.145. The van der Waals surface area contributed by atoms with Crippen LogP contribution in [0.5, 0.6) is 5.75 Å². The number of hydrogen-bond acceptors (Lipinski definition) is 4. The summed E-state index contributed by atoms with van der Waals surface area (Å²) in [5, 5.41) is 14.5. The van der Waals surface area contributed by atoms with Crippen molar-refractivity contribution < 1.29 is 14.3 Å². The number of amides is 1. The van der Waals surface area contributed by atoms with Gasteiger partial charge in [-0.15, -0.1) is 0 Å². The summed E-state index contributed by atoms with van der Waals surface area (Å²) < 4.78 is 5.57. The number of halogens is 2. The minimum Gasteiger partial charge on any atom is -0.423 e. The fourth-order valence-electron chi connectivity index (χ4n) is 3.37. The number of fused-ring (bicyclic) bond motifs is 1. The fourth-order valence-corrected chi connectivity index (χ4v) is 3.90. The number of nitrogens with zero attached hydrogens (tertiary/aromatic N) is 1. The average molecular weight is 487 g/mol. The van der Waals surface area contributed by atoms with Crippen LogP contribution in [0, 0.1) is 11.3 Å². The van der Waals surface area contributed by atoms with Crippen molar-refractivity contribution in [3.8, 4) is 11.8 Å². The maximum Gasteiger partial charge on any atom is 0.344 e. The van der Waals surface area contributed by atoms with Gasteiger partial charge in [-0.1, -0.05) is 71.7 Å². The molecule has 1 amide bonds. The number of carbonyl (C=O) groups excluding carboxylic acids is 2. The fraction of sp³-hybridized carbons (Fsp3) is 0. The van der Waals surface area contributed by atoms with Crippen LogP contribution in [-0.2, 0) is 4.79 Å². The molecule has 0 saturated carbocycles. The topological polar surface area (TPSA) is 79.2 Å². The van der Waals surface area contributed by atoms with Gasteiger partial charge < -0.3 is 10.1 Å². The van der Waals surface area contributed by atoms with Gasteiger partial charge in [-0.3, -0.25) is 4.79 Å². The Hall–Kier alpha value is -4.11. The zero-order valence-electron chi connectivity index (χ0n) is 17.6. The van der Waals surface area contributed by atoms with E-state index >= 15 is 0 Å². The molecule has 7 heteroatoms. The van der Waals surface area contributed by atoms with Crippen molar-refractivity contribution in [2.45, 2.75) is 0 Å². The van der Waals surface area contributed by atoms with E-state index < -0.39 is 11.9 Å². The highest BCUT2D eigenvalue weighted by Gasteiger charge is 2.14. The number of esters is 1. The second-order valence-electron chi connectivity index (χ2n) is 7.27. The molecule has 4 aromatic rings. The molecule has 0 unspecified atom stereocenters. The van der Waals surface area contributed by atoms with Crippen LogP contribution in [0.2, 0.25) is 10.0 Å². The molecule has 4 aromatic carbocycles. The highest BCUT2D eigenvalue weighted by Crippen LogP contribution is 2.24. The van der Waals surface area contributed by atoms with E-state index in [9.17, 15) is 14.9 Å². The first kappa shape index (κ1) is 23.1. The Morgan fingerprint density at radius 3 is 2.35 bits per heavy atom. The van der Waals surface area contributed by atoms with Crippen LogP contribution < -0.4 is 10.1 Å². The third kappa shape index (κ3) is 5.44. The second-order valence-corrected chi connectivity index (χ2v) is 8.14. The number of nitriles is 1. The Labute approximate surface area is 205 Å². The Morgan fingerprint density at radius 2 is 1.59 bits per heavy atom. The number of carbonyl (C=O) groups is 2. The van der Waals surface area contributed by atoms with Crippen LogP contribution in [-0.4, -0.2) is 11.9 Å². The molecule has 0 aliphatic rings. The van der Waals surface area contributed by atoms with Gasteiger partial charge in [0.05, 0.1) is 5.56 Å². The molecule has 1 N–H and O–H groups in total. The summed E-state index contributed by atoms with van der Waals surface area (Å²) in [6, 6.07) is 26.0. The van der Waals surface area contributed by atoms with Crippen molar-refractivity contribution >= 4 is 57.6 Å². The standard InChI is InChI=1S/C27H16Cl2N2O3/c28-20-13-21(29)15-22(14-20)31-26(32)19(16-30)11-17-5-3-8-23(12-17)34-27(33)25-10-4-7-18-6-1-2-9-24(18)25/h1-15H,(H,31,32). The summed E-state index contributed by atoms with van der Waals surface area (Å²) in [6.45, 7) is 0. The maximum atomic E-state index is 12.8. The van der Waals surface area contributed by atoms with E-state index in [0.717, 1.165) is 10.8 Å². The molecule has 0 fully saturated rings. The Bertz CT molecular complexity index is 1460. The third-order valence-electron chi connectivity index (χ3n) is 4.87. The number of hydrogen-bond donors (Lipinski definition) is 1. The van der Waals surface area contributed by atoms with Gasteiger partial charge in [0.25, 0.3) is 5.91 Å². The molecule has 0 bridgehead atoms. The van der Waals surface area contributed by atoms with E-state index in [-0.39, 0.29) is 11.3 Å². The smallest absolute Gasteiger partial charge is 0.344 e. The van der Waals surface area contributed by atoms with E-state index in [0.29, 0.717) is 26.9 Å². The summed E-state index contributed by atoms with van der Waals surface area (Å²) in [5.41, 5.74) is 1.17. The summed E-state index contributed by atoms with van der Waals surface area (Å²) in [6.07, 6.45) is 1.40. The molecule has 0 aliphatic carbocycles. The molecule has 4 rings (SSSR count). The molecule has 0 spiro atoms. The van der Waals surface area contributed by atoms with Crippen LogP contribution in [0.25, 0.3) is 16.8 Å². The first-order valence-corrected chi connectivity index (χ1v) is 10.9. The van der Waals surface area contributed by atoms with E-state index in [1.165, 1.54) is 24.3 Å². The normalized spacial score (nSPS) is 11.0. The lowest BCUT2D eigenvalue weighted by atomic mass is 10.0. The largest absolute Gasteiger partial charge is 0.423 e. The Morgan fingerprint density at radius 1 is 0.882 bits per heavy atom. The number of benzene rings is 4. The minimum atomic E-state index is -0.626. The van der Waals surface area contributed by atoms with Crippen molar-refractivity contribution in [1.29, 1.82) is 5.26 Å². The maximum absolute atomic E-state index is 12.8. The Kier molecular flexibility index (Phi) is 6.93. The molecule has 0 heterocycles. The third-order valence-corrected chi connectivity index (χ3v) is 5.31. The van der Waals surface area contributed by atoms with Gasteiger partial charge in [0, 0.05) is 15.7 Å². The lowest BCUT2D eigenvalue weighted by molar-refractivity contribution is -0.112. The second kappa shape index (κ2) is 10.2. The molecule has 166 valence electrons. The predicted octanol–water partition coefficient (Wildman–Crippen LogP) is 6.91. The van der Waals surface area contributed by atoms with Gasteiger partial charge in [0.1, 0.15) is 17.4 Å². The van der Waals surface area contributed by atoms with Crippen molar-refractivity contribution in [1.82, 2.24) is 0 Å². The SMILES string of the molecule is N#CC(=Cc1cccc(OC(=O)c2cccc3ccccc23)c1)C(=O)Nc1cc(Cl)cc(Cl)c1. The summed E-state index contributed by atoms with van der Waals surface area (Å²) in [4.78, 5) is 25.4. The van der Waals surface area contributed by atoms with Crippen molar-refractivity contribution in [2.24, 2.45) is 0 Å². The highest BCUT2D eigenvalue weighted by atomic mass is 35.5. The quantitative estimate of drug-likeness (QED) is 0.144. The van der Waals surface area contributed by atoms with Gasteiger partial charge in [-0.25, -0.2) is 4.79 Å². The first-order chi connectivity index (χ1) is 16.4. The summed E-state index contributed by atoms with van der Waals surface area (Å²) in [7, 11) is 0. The first-order valence-electron chi connectivity index (χ1n) is 10.1. The molecule has 34 heavy (non-hydrogen) atoms. The van der Waals surface area contributed by atoms with E-state index in [4.69, 9.17) is 27.9 Å². The van der Waals surface area contributed by atoms with E-state index in [1.807, 2.05) is 36.4 Å². The van der Waals surface area contributed by atoms with E-state index in [2.05, 4.69) is 5.32 Å². The molecule has 5 nitrogen and oxygen atoms in total. The molecule has 0 aliphatic heterocycles. The number of nitrogens with one attached hydrogen (secondary N) is 1. The number of rotatable bonds is 5. The molecular formula is C27H16Cl2N2O3. The van der Waals surface area contributed by atoms with Crippen molar-refractivity contribution in [2.75, 3.05) is 5.32 Å². The zero-order chi connectivity index (χ0) is 24.1. The summed E-state index contributed by atoms with van der Waals surface area (Å²) >= 11 is 11.9. The van der Waals surface area contributed by atoms with Crippen LogP contribution in [0.3, 0.4) is 0 Å². The van der Waals surface area contributed by atoms with Gasteiger partial charge in [0.15, 0.2) is 0 Å². The molecule has 0 atom stereocenters. The number of ether oxygens (including phenoxy) is 1. The zero-order valence-corrected chi connectivity index (χ0v) is 19.1. The summed E-state index contributed by atoms with van der Waals surface area (Å²) in [5.74, 6) is -0.848. The molecule has 0 aromatic heterocycles. The van der Waals surface area contributed by atoms with Crippen LogP contribution in [0.4, 0.5) is 5.69 Å². The van der Waals surface area contributed by atoms with Crippen LogP contribution in [0.15, 0.2) is 90.5 Å². The van der Waals surface area contributed by atoms with Crippen molar-refractivity contribution in [3.05, 3.63) is 112 Å². The molecule has 0 saturated heterocycles. The predicted molar refractivity (Wildman–Crippen MR) is 134 cm³/mol.